The van der Waals surface area contributed by atoms with E-state index in [1.165, 1.54) is 0 Å². The molecule has 0 unspecified atom stereocenters. The van der Waals surface area contributed by atoms with Crippen molar-refractivity contribution in [1.29, 1.82) is 5.26 Å². The topological polar surface area (TPSA) is 76.6 Å². The summed E-state index contributed by atoms with van der Waals surface area (Å²) in [6.07, 6.45) is 4.53. The smallest absolute Gasteiger partial charge is 0.191 e. The second-order valence-corrected chi connectivity index (χ2v) is 6.59. The summed E-state index contributed by atoms with van der Waals surface area (Å²) in [6.45, 7) is 3.56. The zero-order valence-electron chi connectivity index (χ0n) is 14.5. The van der Waals surface area contributed by atoms with E-state index < -0.39 is 0 Å². The Morgan fingerprint density at radius 1 is 1.12 bits per heavy atom. The second kappa shape index (κ2) is 9.02. The van der Waals surface area contributed by atoms with E-state index in [-0.39, 0.29) is 0 Å². The maximum absolute atomic E-state index is 8.81. The Morgan fingerprint density at radius 3 is 2.58 bits per heavy atom. The van der Waals surface area contributed by atoms with Gasteiger partial charge in [0, 0.05) is 30.3 Å². The van der Waals surface area contributed by atoms with Crippen molar-refractivity contribution < 1.29 is 4.74 Å². The van der Waals surface area contributed by atoms with Crippen molar-refractivity contribution in [3.8, 4) is 23.2 Å². The van der Waals surface area contributed by atoms with Crippen LogP contribution >= 0.6 is 11.8 Å². The number of nitriles is 1. The molecule has 0 radical (unpaired) electrons. The van der Waals surface area contributed by atoms with E-state index >= 15 is 0 Å². The first-order valence-corrected chi connectivity index (χ1v) is 9.39. The van der Waals surface area contributed by atoms with Crippen LogP contribution in [0.1, 0.15) is 18.9 Å². The first kappa shape index (κ1) is 18.0. The number of hydrogen-bond donors (Lipinski definition) is 0. The number of rotatable bonds is 8. The van der Waals surface area contributed by atoms with Crippen LogP contribution in [-0.4, -0.2) is 32.1 Å². The molecule has 3 rings (SSSR count). The first-order chi connectivity index (χ1) is 12.8. The Hall–Kier alpha value is -2.85. The Morgan fingerprint density at radius 2 is 1.88 bits per heavy atom. The van der Waals surface area contributed by atoms with Gasteiger partial charge in [-0.05, 0) is 42.8 Å². The molecule has 0 aliphatic rings. The molecule has 26 heavy (non-hydrogen) atoms. The summed E-state index contributed by atoms with van der Waals surface area (Å²) >= 11 is 1.63. The quantitative estimate of drug-likeness (QED) is 0.446. The minimum absolute atomic E-state index is 0.556. The molecule has 1 aromatic carbocycles. The van der Waals surface area contributed by atoms with Gasteiger partial charge in [0.05, 0.1) is 18.2 Å². The number of aromatic nitrogens is 4. The van der Waals surface area contributed by atoms with Gasteiger partial charge in [0.15, 0.2) is 11.0 Å². The number of ether oxygens (including phenoxy) is 1. The maximum atomic E-state index is 8.81. The van der Waals surface area contributed by atoms with Crippen LogP contribution in [0.2, 0.25) is 0 Å². The van der Waals surface area contributed by atoms with E-state index in [2.05, 4.69) is 32.7 Å². The minimum atomic E-state index is 0.556. The van der Waals surface area contributed by atoms with Gasteiger partial charge in [-0.1, -0.05) is 18.7 Å². The van der Waals surface area contributed by atoms with Gasteiger partial charge in [-0.3, -0.25) is 4.98 Å². The fourth-order valence-electron chi connectivity index (χ4n) is 2.45. The van der Waals surface area contributed by atoms with Crippen LogP contribution in [0.25, 0.3) is 11.4 Å². The molecular weight excluding hydrogens is 346 g/mol. The molecule has 0 N–H and O–H groups in total. The number of hydrogen-bond acceptors (Lipinski definition) is 6. The zero-order valence-corrected chi connectivity index (χ0v) is 15.3. The fraction of sp³-hybridized carbons (Fsp3) is 0.263. The molecular formula is C19H19N5OS. The van der Waals surface area contributed by atoms with Crippen molar-refractivity contribution >= 4 is 11.8 Å². The molecule has 0 fully saturated rings. The standard InChI is InChI=1S/C19H19N5OS/c1-2-11-24-18(16-7-9-21-10-8-16)22-23-19(24)26-13-12-25-17-5-3-15(14-20)4-6-17/h3-10H,2,11-13H2,1H3. The highest BCUT2D eigenvalue weighted by Gasteiger charge is 2.13. The molecule has 0 aliphatic carbocycles. The van der Waals surface area contributed by atoms with Crippen molar-refractivity contribution in [2.45, 2.75) is 25.0 Å². The number of benzene rings is 1. The zero-order chi connectivity index (χ0) is 18.2. The third kappa shape index (κ3) is 4.41. The maximum Gasteiger partial charge on any atom is 0.191 e. The van der Waals surface area contributed by atoms with Crippen molar-refractivity contribution in [2.24, 2.45) is 0 Å². The summed E-state index contributed by atoms with van der Waals surface area (Å²) in [6, 6.07) is 13.1. The van der Waals surface area contributed by atoms with Crippen LogP contribution in [0.5, 0.6) is 5.75 Å². The van der Waals surface area contributed by atoms with E-state index in [1.807, 2.05) is 24.3 Å². The molecule has 2 heterocycles. The molecule has 132 valence electrons. The van der Waals surface area contributed by atoms with Gasteiger partial charge >= 0.3 is 0 Å². The number of thioether (sulfide) groups is 1. The lowest BCUT2D eigenvalue weighted by Crippen LogP contribution is -2.04. The van der Waals surface area contributed by atoms with Crippen molar-refractivity contribution in [3.63, 3.8) is 0 Å². The van der Waals surface area contributed by atoms with Gasteiger partial charge in [0.2, 0.25) is 0 Å². The van der Waals surface area contributed by atoms with Crippen LogP contribution < -0.4 is 4.74 Å². The summed E-state index contributed by atoms with van der Waals surface area (Å²) < 4.78 is 7.86. The highest BCUT2D eigenvalue weighted by atomic mass is 32.2. The Labute approximate surface area is 156 Å². The third-order valence-corrected chi connectivity index (χ3v) is 4.60. The molecule has 0 bridgehead atoms. The molecule has 0 saturated heterocycles. The molecule has 0 amide bonds. The Balaban J connectivity index is 1.61. The highest BCUT2D eigenvalue weighted by Crippen LogP contribution is 2.24. The van der Waals surface area contributed by atoms with Gasteiger partial charge < -0.3 is 9.30 Å². The molecule has 0 spiro atoms. The molecule has 0 saturated carbocycles. The fourth-order valence-corrected chi connectivity index (χ4v) is 3.23. The van der Waals surface area contributed by atoms with E-state index in [9.17, 15) is 0 Å². The number of nitrogens with zero attached hydrogens (tertiary/aromatic N) is 5. The summed E-state index contributed by atoms with van der Waals surface area (Å²) in [5.41, 5.74) is 1.64. The monoisotopic (exact) mass is 365 g/mol. The molecule has 3 aromatic rings. The lowest BCUT2D eigenvalue weighted by molar-refractivity contribution is 0.344. The Kier molecular flexibility index (Phi) is 6.23. The van der Waals surface area contributed by atoms with E-state index in [0.717, 1.165) is 41.0 Å². The SMILES string of the molecule is CCCn1c(SCCOc2ccc(C#N)cc2)nnc1-c1ccncc1. The van der Waals surface area contributed by atoms with Crippen LogP contribution in [0.3, 0.4) is 0 Å². The summed E-state index contributed by atoms with van der Waals surface area (Å²) in [5, 5.41) is 18.4. The summed E-state index contributed by atoms with van der Waals surface area (Å²) in [5.74, 6) is 2.39. The summed E-state index contributed by atoms with van der Waals surface area (Å²) in [7, 11) is 0. The van der Waals surface area contributed by atoms with Crippen LogP contribution in [0, 0.1) is 11.3 Å². The minimum Gasteiger partial charge on any atom is -0.493 e. The average molecular weight is 365 g/mol. The van der Waals surface area contributed by atoms with Gasteiger partial charge in [0.1, 0.15) is 5.75 Å². The van der Waals surface area contributed by atoms with E-state index in [1.54, 1.807) is 36.3 Å². The summed E-state index contributed by atoms with van der Waals surface area (Å²) in [4.78, 5) is 4.06. The molecule has 7 heteroatoms. The average Bonchev–Trinajstić information content (AvgIpc) is 3.09. The lowest BCUT2D eigenvalue weighted by Gasteiger charge is -2.09. The van der Waals surface area contributed by atoms with Gasteiger partial charge in [0.25, 0.3) is 0 Å². The molecule has 0 atom stereocenters. The Bertz CT molecular complexity index is 871. The van der Waals surface area contributed by atoms with Crippen molar-refractivity contribution in [3.05, 3.63) is 54.4 Å². The predicted molar refractivity (Wildman–Crippen MR) is 101 cm³/mol. The van der Waals surface area contributed by atoms with Gasteiger partial charge in [-0.25, -0.2) is 0 Å². The van der Waals surface area contributed by atoms with Crippen molar-refractivity contribution in [2.75, 3.05) is 12.4 Å². The highest BCUT2D eigenvalue weighted by molar-refractivity contribution is 7.99. The number of pyridine rings is 1. The van der Waals surface area contributed by atoms with Crippen LogP contribution in [-0.2, 0) is 6.54 Å². The van der Waals surface area contributed by atoms with Crippen molar-refractivity contribution in [1.82, 2.24) is 19.7 Å². The third-order valence-electron chi connectivity index (χ3n) is 3.67. The predicted octanol–water partition coefficient (Wildman–Crippen LogP) is 3.79. The molecule has 0 aliphatic heterocycles. The molecule has 6 nitrogen and oxygen atoms in total. The van der Waals surface area contributed by atoms with Gasteiger partial charge in [-0.15, -0.1) is 10.2 Å². The van der Waals surface area contributed by atoms with E-state index in [4.69, 9.17) is 10.00 Å². The molecule has 2 aromatic heterocycles. The largest absolute Gasteiger partial charge is 0.493 e. The normalized spacial score (nSPS) is 10.5. The van der Waals surface area contributed by atoms with Gasteiger partial charge in [-0.2, -0.15) is 5.26 Å². The lowest BCUT2D eigenvalue weighted by atomic mass is 10.2. The van der Waals surface area contributed by atoms with Crippen LogP contribution in [0.15, 0.2) is 53.9 Å². The second-order valence-electron chi connectivity index (χ2n) is 5.53. The van der Waals surface area contributed by atoms with E-state index in [0.29, 0.717) is 12.2 Å². The first-order valence-electron chi connectivity index (χ1n) is 8.41. The van der Waals surface area contributed by atoms with Crippen LogP contribution in [0.4, 0.5) is 0 Å².